The molecule has 0 aliphatic rings. The fourth-order valence-electron chi connectivity index (χ4n) is 1.44. The summed E-state index contributed by atoms with van der Waals surface area (Å²) in [6.07, 6.45) is 3.54. The molecular weight excluding hydrogens is 220 g/mol. The zero-order chi connectivity index (χ0) is 13.1. The minimum absolute atomic E-state index is 0.0731. The van der Waals surface area contributed by atoms with Crippen LogP contribution >= 0.6 is 0 Å². The Hall–Kier alpha value is -1.03. The van der Waals surface area contributed by atoms with Gasteiger partial charge in [0.2, 0.25) is 0 Å². The van der Waals surface area contributed by atoms with Gasteiger partial charge in [0.05, 0.1) is 6.61 Å². The van der Waals surface area contributed by atoms with Gasteiger partial charge in [-0.05, 0) is 19.8 Å². The van der Waals surface area contributed by atoms with E-state index < -0.39 is 0 Å². The van der Waals surface area contributed by atoms with Crippen molar-refractivity contribution in [2.45, 2.75) is 51.9 Å². The lowest BCUT2D eigenvalue weighted by atomic mass is 10.0. The van der Waals surface area contributed by atoms with Gasteiger partial charge in [-0.1, -0.05) is 0 Å². The maximum absolute atomic E-state index is 11.4. The Kier molecular flexibility index (Phi) is 9.53. The van der Waals surface area contributed by atoms with Crippen LogP contribution < -0.4 is 0 Å². The van der Waals surface area contributed by atoms with Crippen molar-refractivity contribution in [2.24, 2.45) is 0 Å². The Morgan fingerprint density at radius 3 is 1.88 bits per heavy atom. The molecule has 0 aliphatic heterocycles. The summed E-state index contributed by atoms with van der Waals surface area (Å²) in [5, 5.41) is 0. The highest BCUT2D eigenvalue weighted by Crippen LogP contribution is 2.05. The SMILES string of the molecule is COCCC(=O)CCC(=O)CCCCC(C)=O. The van der Waals surface area contributed by atoms with E-state index in [9.17, 15) is 14.4 Å². The molecule has 0 heterocycles. The summed E-state index contributed by atoms with van der Waals surface area (Å²) in [5.74, 6) is 0.343. The second-order valence-electron chi connectivity index (χ2n) is 4.23. The fraction of sp³-hybridized carbons (Fsp3) is 0.769. The molecule has 0 atom stereocenters. The number of ether oxygens (including phenoxy) is 1. The third kappa shape index (κ3) is 11.2. The zero-order valence-electron chi connectivity index (χ0n) is 10.8. The van der Waals surface area contributed by atoms with Crippen LogP contribution in [0.15, 0.2) is 0 Å². The van der Waals surface area contributed by atoms with Crippen molar-refractivity contribution in [3.05, 3.63) is 0 Å². The Bertz CT molecular complexity index is 258. The third-order valence-corrected chi connectivity index (χ3v) is 2.50. The topological polar surface area (TPSA) is 60.4 Å². The summed E-state index contributed by atoms with van der Waals surface area (Å²) in [6.45, 7) is 1.97. The molecular formula is C13H22O4. The Balaban J connectivity index is 3.46. The number of unbranched alkanes of at least 4 members (excludes halogenated alkanes) is 1. The Morgan fingerprint density at radius 2 is 1.35 bits per heavy atom. The van der Waals surface area contributed by atoms with Crippen molar-refractivity contribution in [2.75, 3.05) is 13.7 Å². The molecule has 4 heteroatoms. The van der Waals surface area contributed by atoms with Crippen LogP contribution in [-0.2, 0) is 19.1 Å². The molecule has 0 rings (SSSR count). The number of rotatable bonds is 11. The van der Waals surface area contributed by atoms with Crippen molar-refractivity contribution in [1.29, 1.82) is 0 Å². The van der Waals surface area contributed by atoms with Crippen LogP contribution in [0.5, 0.6) is 0 Å². The highest BCUT2D eigenvalue weighted by Gasteiger charge is 2.07. The van der Waals surface area contributed by atoms with E-state index in [0.29, 0.717) is 38.7 Å². The molecule has 0 aliphatic carbocycles. The molecule has 0 bridgehead atoms. The number of ketones is 3. The largest absolute Gasteiger partial charge is 0.384 e. The predicted octanol–water partition coefficient (Wildman–Crippen LogP) is 2.09. The number of methoxy groups -OCH3 is 1. The van der Waals surface area contributed by atoms with Crippen LogP contribution in [0.4, 0.5) is 0 Å². The summed E-state index contributed by atoms with van der Waals surface area (Å²) >= 11 is 0. The average Bonchev–Trinajstić information content (AvgIpc) is 2.29. The molecule has 17 heavy (non-hydrogen) atoms. The first kappa shape index (κ1) is 16.0. The van der Waals surface area contributed by atoms with Crippen LogP contribution in [0.25, 0.3) is 0 Å². The van der Waals surface area contributed by atoms with Gasteiger partial charge in [-0.3, -0.25) is 9.59 Å². The van der Waals surface area contributed by atoms with Gasteiger partial charge >= 0.3 is 0 Å². The summed E-state index contributed by atoms with van der Waals surface area (Å²) in [7, 11) is 1.55. The van der Waals surface area contributed by atoms with Gasteiger partial charge in [-0.15, -0.1) is 0 Å². The van der Waals surface area contributed by atoms with Gasteiger partial charge in [0.25, 0.3) is 0 Å². The summed E-state index contributed by atoms with van der Waals surface area (Å²) in [6, 6.07) is 0. The van der Waals surface area contributed by atoms with E-state index in [1.165, 1.54) is 0 Å². The molecule has 0 aromatic heterocycles. The van der Waals surface area contributed by atoms with Gasteiger partial charge < -0.3 is 9.53 Å². The lowest BCUT2D eigenvalue weighted by molar-refractivity contribution is -0.124. The quantitative estimate of drug-likeness (QED) is 0.520. The van der Waals surface area contributed by atoms with Gasteiger partial charge in [0, 0.05) is 39.2 Å². The van der Waals surface area contributed by atoms with Gasteiger partial charge in [-0.2, -0.15) is 0 Å². The molecule has 0 aromatic rings. The second-order valence-corrected chi connectivity index (χ2v) is 4.23. The van der Waals surface area contributed by atoms with E-state index in [-0.39, 0.29) is 17.3 Å². The third-order valence-electron chi connectivity index (χ3n) is 2.50. The molecule has 0 amide bonds. The highest BCUT2D eigenvalue weighted by atomic mass is 16.5. The second kappa shape index (κ2) is 10.1. The van der Waals surface area contributed by atoms with Crippen LogP contribution in [-0.4, -0.2) is 31.1 Å². The summed E-state index contributed by atoms with van der Waals surface area (Å²) < 4.78 is 4.78. The molecule has 0 saturated carbocycles. The number of hydrogen-bond acceptors (Lipinski definition) is 4. The monoisotopic (exact) mass is 242 g/mol. The van der Waals surface area contributed by atoms with E-state index in [2.05, 4.69) is 0 Å². The maximum Gasteiger partial charge on any atom is 0.135 e. The molecule has 0 N–H and O–H groups in total. The van der Waals surface area contributed by atoms with E-state index in [1.807, 2.05) is 0 Å². The molecule has 0 aromatic carbocycles. The minimum atomic E-state index is 0.0731. The standard InChI is InChI=1S/C13H22O4/c1-11(14)5-3-4-6-12(15)7-8-13(16)9-10-17-2/h3-10H2,1-2H3. The Labute approximate surface area is 103 Å². The average molecular weight is 242 g/mol. The normalized spacial score (nSPS) is 10.2. The molecule has 0 spiro atoms. The van der Waals surface area contributed by atoms with Gasteiger partial charge in [-0.25, -0.2) is 0 Å². The number of carbonyl (C=O) groups excluding carboxylic acids is 3. The minimum Gasteiger partial charge on any atom is -0.384 e. The molecule has 0 fully saturated rings. The zero-order valence-corrected chi connectivity index (χ0v) is 10.8. The van der Waals surface area contributed by atoms with Crippen LogP contribution in [0.2, 0.25) is 0 Å². The van der Waals surface area contributed by atoms with Gasteiger partial charge in [0.1, 0.15) is 17.3 Å². The first-order valence-corrected chi connectivity index (χ1v) is 6.08. The van der Waals surface area contributed by atoms with Crippen LogP contribution in [0.3, 0.4) is 0 Å². The molecule has 0 unspecified atom stereocenters. The van der Waals surface area contributed by atoms with Crippen molar-refractivity contribution >= 4 is 17.3 Å². The van der Waals surface area contributed by atoms with E-state index in [0.717, 1.165) is 12.8 Å². The van der Waals surface area contributed by atoms with Crippen molar-refractivity contribution in [1.82, 2.24) is 0 Å². The molecule has 4 nitrogen and oxygen atoms in total. The maximum atomic E-state index is 11.4. The molecule has 0 radical (unpaired) electrons. The first-order valence-electron chi connectivity index (χ1n) is 6.08. The fourth-order valence-corrected chi connectivity index (χ4v) is 1.44. The van der Waals surface area contributed by atoms with Crippen molar-refractivity contribution in [3.63, 3.8) is 0 Å². The smallest absolute Gasteiger partial charge is 0.135 e. The lowest BCUT2D eigenvalue weighted by Crippen LogP contribution is -2.06. The van der Waals surface area contributed by atoms with E-state index in [4.69, 9.17) is 4.74 Å². The number of hydrogen-bond donors (Lipinski definition) is 0. The van der Waals surface area contributed by atoms with Crippen LogP contribution in [0, 0.1) is 0 Å². The van der Waals surface area contributed by atoms with Gasteiger partial charge in [0.15, 0.2) is 0 Å². The van der Waals surface area contributed by atoms with Crippen molar-refractivity contribution < 1.29 is 19.1 Å². The lowest BCUT2D eigenvalue weighted by Gasteiger charge is -2.01. The highest BCUT2D eigenvalue weighted by molar-refractivity contribution is 5.86. The molecule has 0 saturated heterocycles. The number of Topliss-reactive ketones (excluding diaryl/α,β-unsaturated/α-hetero) is 3. The summed E-state index contributed by atoms with van der Waals surface area (Å²) in [5.41, 5.74) is 0. The first-order chi connectivity index (χ1) is 8.06. The van der Waals surface area contributed by atoms with Crippen molar-refractivity contribution in [3.8, 4) is 0 Å². The van der Waals surface area contributed by atoms with E-state index >= 15 is 0 Å². The molecule has 98 valence electrons. The van der Waals surface area contributed by atoms with Crippen LogP contribution in [0.1, 0.15) is 51.9 Å². The predicted molar refractivity (Wildman–Crippen MR) is 64.9 cm³/mol. The number of carbonyl (C=O) groups is 3. The Morgan fingerprint density at radius 1 is 0.824 bits per heavy atom. The van der Waals surface area contributed by atoms with E-state index in [1.54, 1.807) is 14.0 Å². The summed E-state index contributed by atoms with van der Waals surface area (Å²) in [4.78, 5) is 33.3.